The Morgan fingerprint density at radius 1 is 1.00 bits per heavy atom. The number of benzene rings is 2. The summed E-state index contributed by atoms with van der Waals surface area (Å²) in [6.45, 7) is 1.64. The third-order valence-electron chi connectivity index (χ3n) is 2.60. The molecule has 0 saturated carbocycles. The molecule has 0 amide bonds. The number of aliphatic hydroxyl groups is 1. The lowest BCUT2D eigenvalue weighted by molar-refractivity contribution is 0.199. The molecule has 0 saturated heterocycles. The van der Waals surface area contributed by atoms with E-state index in [-0.39, 0.29) is 10.6 Å². The summed E-state index contributed by atoms with van der Waals surface area (Å²) in [5.74, 6) is 0.216. The molecule has 5 heteroatoms. The first-order valence-electron chi connectivity index (χ1n) is 5.76. The minimum absolute atomic E-state index is 0.106. The summed E-state index contributed by atoms with van der Waals surface area (Å²) in [5.41, 5.74) is 0.699. The second-order valence-electron chi connectivity index (χ2n) is 4.10. The monoisotopic (exact) mass is 278 g/mol. The third kappa shape index (κ3) is 3.33. The van der Waals surface area contributed by atoms with Gasteiger partial charge in [-0.2, -0.15) is 8.42 Å². The SMILES string of the molecule is CC(O)c1ccc(OS(=O)(=O)c2ccccc2)cc1. The molecule has 0 fully saturated rings. The summed E-state index contributed by atoms with van der Waals surface area (Å²) in [7, 11) is -3.81. The van der Waals surface area contributed by atoms with Crippen LogP contribution in [0.2, 0.25) is 0 Å². The lowest BCUT2D eigenvalue weighted by Crippen LogP contribution is -2.09. The van der Waals surface area contributed by atoms with Crippen molar-refractivity contribution in [3.8, 4) is 5.75 Å². The Labute approximate surface area is 112 Å². The van der Waals surface area contributed by atoms with E-state index >= 15 is 0 Å². The lowest BCUT2D eigenvalue weighted by Gasteiger charge is -2.08. The van der Waals surface area contributed by atoms with Gasteiger partial charge in [0.1, 0.15) is 10.6 Å². The van der Waals surface area contributed by atoms with Gasteiger partial charge < -0.3 is 9.29 Å². The maximum atomic E-state index is 11.9. The second kappa shape index (κ2) is 5.42. The van der Waals surface area contributed by atoms with Crippen molar-refractivity contribution in [2.45, 2.75) is 17.9 Å². The highest BCUT2D eigenvalue weighted by molar-refractivity contribution is 7.87. The molecule has 0 bridgehead atoms. The Hall–Kier alpha value is -1.85. The molecule has 0 heterocycles. The zero-order chi connectivity index (χ0) is 13.9. The van der Waals surface area contributed by atoms with Crippen LogP contribution in [-0.2, 0) is 10.1 Å². The van der Waals surface area contributed by atoms with Gasteiger partial charge in [-0.05, 0) is 36.8 Å². The second-order valence-corrected chi connectivity index (χ2v) is 5.64. The van der Waals surface area contributed by atoms with E-state index in [1.54, 1.807) is 37.3 Å². The fraction of sp³-hybridized carbons (Fsp3) is 0.143. The first kappa shape index (κ1) is 13.6. The summed E-state index contributed by atoms with van der Waals surface area (Å²) in [6, 6.07) is 14.2. The minimum atomic E-state index is -3.81. The first-order chi connectivity index (χ1) is 8.99. The van der Waals surface area contributed by atoms with E-state index in [1.807, 2.05) is 0 Å². The Bertz CT molecular complexity index is 631. The van der Waals surface area contributed by atoms with Crippen molar-refractivity contribution in [2.75, 3.05) is 0 Å². The molecule has 1 unspecified atom stereocenters. The van der Waals surface area contributed by atoms with Gasteiger partial charge in [-0.1, -0.05) is 30.3 Å². The van der Waals surface area contributed by atoms with E-state index < -0.39 is 16.2 Å². The molecule has 0 radical (unpaired) electrons. The summed E-state index contributed by atoms with van der Waals surface area (Å²) in [5, 5.41) is 9.37. The van der Waals surface area contributed by atoms with Crippen molar-refractivity contribution in [3.63, 3.8) is 0 Å². The molecule has 0 aliphatic carbocycles. The largest absolute Gasteiger partial charge is 0.389 e. The molecule has 0 aromatic heterocycles. The Kier molecular flexibility index (Phi) is 3.87. The van der Waals surface area contributed by atoms with E-state index in [4.69, 9.17) is 4.18 Å². The molecule has 1 N–H and O–H groups in total. The van der Waals surface area contributed by atoms with E-state index in [9.17, 15) is 13.5 Å². The van der Waals surface area contributed by atoms with Crippen LogP contribution in [0.15, 0.2) is 59.5 Å². The predicted octanol–water partition coefficient (Wildman–Crippen LogP) is 2.51. The Morgan fingerprint density at radius 3 is 2.11 bits per heavy atom. The van der Waals surface area contributed by atoms with Crippen molar-refractivity contribution in [1.82, 2.24) is 0 Å². The Morgan fingerprint density at radius 2 is 1.58 bits per heavy atom. The Balaban J connectivity index is 2.21. The van der Waals surface area contributed by atoms with Crippen LogP contribution >= 0.6 is 0 Å². The van der Waals surface area contributed by atoms with E-state index in [0.717, 1.165) is 0 Å². The van der Waals surface area contributed by atoms with Crippen LogP contribution < -0.4 is 4.18 Å². The molecule has 100 valence electrons. The fourth-order valence-corrected chi connectivity index (χ4v) is 2.52. The average Bonchev–Trinajstić information content (AvgIpc) is 2.40. The zero-order valence-corrected chi connectivity index (χ0v) is 11.2. The molecule has 2 aromatic rings. The summed E-state index contributed by atoms with van der Waals surface area (Å²) in [4.78, 5) is 0.106. The molecule has 0 aliphatic rings. The van der Waals surface area contributed by atoms with Gasteiger partial charge in [0.2, 0.25) is 0 Å². The lowest BCUT2D eigenvalue weighted by atomic mass is 10.1. The molecule has 2 rings (SSSR count). The van der Waals surface area contributed by atoms with Gasteiger partial charge in [0.15, 0.2) is 0 Å². The highest BCUT2D eigenvalue weighted by Crippen LogP contribution is 2.21. The molecule has 19 heavy (non-hydrogen) atoms. The van der Waals surface area contributed by atoms with Gasteiger partial charge in [-0.3, -0.25) is 0 Å². The molecule has 0 spiro atoms. The molecule has 2 aromatic carbocycles. The van der Waals surface area contributed by atoms with Gasteiger partial charge in [-0.15, -0.1) is 0 Å². The minimum Gasteiger partial charge on any atom is -0.389 e. The van der Waals surface area contributed by atoms with Crippen molar-refractivity contribution < 1.29 is 17.7 Å². The van der Waals surface area contributed by atoms with Crippen molar-refractivity contribution in [3.05, 3.63) is 60.2 Å². The van der Waals surface area contributed by atoms with E-state index in [1.165, 1.54) is 24.3 Å². The highest BCUT2D eigenvalue weighted by atomic mass is 32.2. The maximum Gasteiger partial charge on any atom is 0.339 e. The summed E-state index contributed by atoms with van der Waals surface area (Å²) < 4.78 is 28.9. The van der Waals surface area contributed by atoms with Crippen LogP contribution in [0.3, 0.4) is 0 Å². The normalized spacial score (nSPS) is 12.9. The maximum absolute atomic E-state index is 11.9. The van der Waals surface area contributed by atoms with Crippen LogP contribution in [0.4, 0.5) is 0 Å². The van der Waals surface area contributed by atoms with Crippen LogP contribution in [0, 0.1) is 0 Å². The van der Waals surface area contributed by atoms with Crippen LogP contribution in [0.1, 0.15) is 18.6 Å². The predicted molar refractivity (Wildman–Crippen MR) is 71.3 cm³/mol. The summed E-state index contributed by atoms with van der Waals surface area (Å²) in [6.07, 6.45) is -0.597. The molecular weight excluding hydrogens is 264 g/mol. The molecule has 0 aliphatic heterocycles. The number of aliphatic hydroxyl groups excluding tert-OH is 1. The van der Waals surface area contributed by atoms with Crippen LogP contribution in [0.25, 0.3) is 0 Å². The molecular formula is C14H14O4S. The smallest absolute Gasteiger partial charge is 0.339 e. The summed E-state index contributed by atoms with van der Waals surface area (Å²) >= 11 is 0. The van der Waals surface area contributed by atoms with Crippen LogP contribution in [0.5, 0.6) is 5.75 Å². The van der Waals surface area contributed by atoms with Gasteiger partial charge in [0, 0.05) is 0 Å². The van der Waals surface area contributed by atoms with E-state index in [0.29, 0.717) is 5.56 Å². The number of rotatable bonds is 4. The van der Waals surface area contributed by atoms with Gasteiger partial charge in [0.25, 0.3) is 0 Å². The number of hydrogen-bond donors (Lipinski definition) is 1. The molecule has 1 atom stereocenters. The average molecular weight is 278 g/mol. The fourth-order valence-electron chi connectivity index (χ4n) is 1.56. The van der Waals surface area contributed by atoms with Gasteiger partial charge in [0.05, 0.1) is 6.10 Å². The van der Waals surface area contributed by atoms with Crippen molar-refractivity contribution in [2.24, 2.45) is 0 Å². The van der Waals surface area contributed by atoms with Crippen LogP contribution in [-0.4, -0.2) is 13.5 Å². The van der Waals surface area contributed by atoms with Gasteiger partial charge in [-0.25, -0.2) is 0 Å². The topological polar surface area (TPSA) is 63.6 Å². The van der Waals surface area contributed by atoms with Crippen molar-refractivity contribution in [1.29, 1.82) is 0 Å². The third-order valence-corrected chi connectivity index (χ3v) is 3.86. The molecule has 4 nitrogen and oxygen atoms in total. The van der Waals surface area contributed by atoms with E-state index in [2.05, 4.69) is 0 Å². The highest BCUT2D eigenvalue weighted by Gasteiger charge is 2.15. The first-order valence-corrected chi connectivity index (χ1v) is 7.17. The quantitative estimate of drug-likeness (QED) is 0.873. The standard InChI is InChI=1S/C14H14O4S/c1-11(15)12-7-9-13(10-8-12)18-19(16,17)14-5-3-2-4-6-14/h2-11,15H,1H3. The van der Waals surface area contributed by atoms with Crippen molar-refractivity contribution >= 4 is 10.1 Å². The van der Waals surface area contributed by atoms with Gasteiger partial charge >= 0.3 is 10.1 Å². The zero-order valence-electron chi connectivity index (χ0n) is 10.4. The number of hydrogen-bond acceptors (Lipinski definition) is 4.